The lowest BCUT2D eigenvalue weighted by atomic mass is 10.3. The lowest BCUT2D eigenvalue weighted by molar-refractivity contribution is 0.0953. The van der Waals surface area contributed by atoms with Crippen LogP contribution in [-0.2, 0) is 5.75 Å². The minimum atomic E-state index is -0.367. The molecule has 96 valence electrons. The summed E-state index contributed by atoms with van der Waals surface area (Å²) in [6.45, 7) is 1.91. The smallest absolute Gasteiger partial charge is 0.268 e. The van der Waals surface area contributed by atoms with Gasteiger partial charge in [-0.3, -0.25) is 10.2 Å². The van der Waals surface area contributed by atoms with E-state index in [4.69, 9.17) is 16.0 Å². The van der Waals surface area contributed by atoms with Crippen molar-refractivity contribution in [2.75, 3.05) is 5.73 Å². The number of nitrogens with two attached hydrogens (primary N) is 2. The van der Waals surface area contributed by atoms with Gasteiger partial charge >= 0.3 is 0 Å². The third kappa shape index (κ3) is 2.84. The standard InChI is InChI=1S/C10H12N4O2S2/c1-5-9(18-10(11)13-5)17-4-7-2-6(3-16-7)8(15)14-12/h2-3H,4,12H2,1H3,(H2,11,13)(H,14,15). The van der Waals surface area contributed by atoms with Gasteiger partial charge in [0.2, 0.25) is 0 Å². The topological polar surface area (TPSA) is 107 Å². The number of nitrogen functional groups attached to an aromatic ring is 2. The number of carbonyl (C=O) groups excluding carboxylic acids is 1. The van der Waals surface area contributed by atoms with Crippen molar-refractivity contribution in [3.05, 3.63) is 29.3 Å². The first-order valence-electron chi connectivity index (χ1n) is 5.04. The molecular weight excluding hydrogens is 272 g/mol. The molecule has 2 rings (SSSR count). The van der Waals surface area contributed by atoms with Gasteiger partial charge in [0.05, 0.1) is 21.2 Å². The maximum atomic E-state index is 11.2. The van der Waals surface area contributed by atoms with Crippen molar-refractivity contribution in [3.8, 4) is 0 Å². The molecule has 0 radical (unpaired) electrons. The molecule has 0 spiro atoms. The number of thiazole rings is 1. The fourth-order valence-corrected chi connectivity index (χ4v) is 3.25. The van der Waals surface area contributed by atoms with Crippen LogP contribution in [0.5, 0.6) is 0 Å². The number of furan rings is 1. The Balaban J connectivity index is 2.00. The van der Waals surface area contributed by atoms with E-state index in [0.29, 0.717) is 22.2 Å². The normalized spacial score (nSPS) is 10.6. The van der Waals surface area contributed by atoms with E-state index in [9.17, 15) is 4.79 Å². The first kappa shape index (κ1) is 12.9. The molecule has 0 bridgehead atoms. The first-order chi connectivity index (χ1) is 8.60. The van der Waals surface area contributed by atoms with Crippen LogP contribution in [0.15, 0.2) is 21.0 Å². The van der Waals surface area contributed by atoms with Gasteiger partial charge in [0, 0.05) is 0 Å². The number of hydrogen-bond donors (Lipinski definition) is 3. The van der Waals surface area contributed by atoms with Crippen LogP contribution in [0.1, 0.15) is 21.8 Å². The molecule has 1 amide bonds. The number of carbonyl (C=O) groups is 1. The predicted molar refractivity (Wildman–Crippen MR) is 71.2 cm³/mol. The Hall–Kier alpha value is -1.51. The first-order valence-corrected chi connectivity index (χ1v) is 6.84. The van der Waals surface area contributed by atoms with Crippen molar-refractivity contribution < 1.29 is 9.21 Å². The predicted octanol–water partition coefficient (Wildman–Crippen LogP) is 1.52. The molecule has 0 atom stereocenters. The molecule has 18 heavy (non-hydrogen) atoms. The number of nitrogens with one attached hydrogen (secondary N) is 1. The zero-order valence-corrected chi connectivity index (χ0v) is 11.2. The summed E-state index contributed by atoms with van der Waals surface area (Å²) in [5.41, 5.74) is 8.99. The minimum Gasteiger partial charge on any atom is -0.468 e. The molecule has 0 aliphatic carbocycles. The number of anilines is 1. The van der Waals surface area contributed by atoms with Crippen LogP contribution in [0.25, 0.3) is 0 Å². The molecule has 5 N–H and O–H groups in total. The van der Waals surface area contributed by atoms with Crippen LogP contribution < -0.4 is 17.0 Å². The van der Waals surface area contributed by atoms with Crippen LogP contribution in [0.2, 0.25) is 0 Å². The number of aromatic nitrogens is 1. The molecule has 0 aliphatic heterocycles. The lowest BCUT2D eigenvalue weighted by Gasteiger charge is -1.95. The molecule has 0 saturated heterocycles. The van der Waals surface area contributed by atoms with Crippen LogP contribution in [0, 0.1) is 6.92 Å². The summed E-state index contributed by atoms with van der Waals surface area (Å²) in [5, 5.41) is 0.553. The second-order valence-electron chi connectivity index (χ2n) is 3.49. The molecule has 2 heterocycles. The molecule has 8 heteroatoms. The van der Waals surface area contributed by atoms with Gasteiger partial charge in [0.25, 0.3) is 5.91 Å². The number of hydrogen-bond acceptors (Lipinski definition) is 7. The van der Waals surface area contributed by atoms with Gasteiger partial charge in [-0.15, -0.1) is 11.8 Å². The quantitative estimate of drug-likeness (QED) is 0.340. The van der Waals surface area contributed by atoms with Gasteiger partial charge in [-0.05, 0) is 13.0 Å². The maximum Gasteiger partial charge on any atom is 0.268 e. The van der Waals surface area contributed by atoms with Gasteiger partial charge in [-0.1, -0.05) is 11.3 Å². The Morgan fingerprint density at radius 3 is 3.06 bits per heavy atom. The second kappa shape index (κ2) is 5.42. The zero-order chi connectivity index (χ0) is 13.1. The van der Waals surface area contributed by atoms with E-state index in [2.05, 4.69) is 10.4 Å². The molecule has 0 unspecified atom stereocenters. The fourth-order valence-electron chi connectivity index (χ4n) is 1.33. The Morgan fingerprint density at radius 1 is 1.67 bits per heavy atom. The van der Waals surface area contributed by atoms with Gasteiger partial charge in [0.15, 0.2) is 5.13 Å². The molecular formula is C10H12N4O2S2. The highest BCUT2D eigenvalue weighted by atomic mass is 32.2. The summed E-state index contributed by atoms with van der Waals surface area (Å²) in [7, 11) is 0. The average Bonchev–Trinajstić information content (AvgIpc) is 2.92. The fraction of sp³-hybridized carbons (Fsp3) is 0.200. The lowest BCUT2D eigenvalue weighted by Crippen LogP contribution is -2.29. The van der Waals surface area contributed by atoms with Gasteiger partial charge < -0.3 is 10.2 Å². The average molecular weight is 284 g/mol. The Labute approximate surface area is 112 Å². The summed E-state index contributed by atoms with van der Waals surface area (Å²) in [6.07, 6.45) is 1.38. The molecule has 6 nitrogen and oxygen atoms in total. The Kier molecular flexibility index (Phi) is 3.90. The van der Waals surface area contributed by atoms with Crippen molar-refractivity contribution in [1.29, 1.82) is 0 Å². The Morgan fingerprint density at radius 2 is 2.44 bits per heavy atom. The van der Waals surface area contributed by atoms with Crippen molar-refractivity contribution in [2.45, 2.75) is 16.9 Å². The SMILES string of the molecule is Cc1nc(N)sc1SCc1cc(C(=O)NN)co1. The summed E-state index contributed by atoms with van der Waals surface area (Å²) < 4.78 is 6.32. The van der Waals surface area contributed by atoms with E-state index in [1.807, 2.05) is 6.92 Å². The highest BCUT2D eigenvalue weighted by Gasteiger charge is 2.11. The summed E-state index contributed by atoms with van der Waals surface area (Å²) in [6, 6.07) is 1.66. The van der Waals surface area contributed by atoms with E-state index >= 15 is 0 Å². The number of nitrogens with zero attached hydrogens (tertiary/aromatic N) is 1. The number of amides is 1. The van der Waals surface area contributed by atoms with E-state index < -0.39 is 0 Å². The maximum absolute atomic E-state index is 11.2. The largest absolute Gasteiger partial charge is 0.468 e. The summed E-state index contributed by atoms with van der Waals surface area (Å²) in [4.78, 5) is 15.4. The van der Waals surface area contributed by atoms with Crippen molar-refractivity contribution >= 4 is 34.1 Å². The van der Waals surface area contributed by atoms with Gasteiger partial charge in [-0.2, -0.15) is 0 Å². The van der Waals surface area contributed by atoms with Crippen molar-refractivity contribution in [3.63, 3.8) is 0 Å². The highest BCUT2D eigenvalue weighted by molar-refractivity contribution is 8.00. The van der Waals surface area contributed by atoms with E-state index in [0.717, 1.165) is 9.90 Å². The van der Waals surface area contributed by atoms with Crippen molar-refractivity contribution in [1.82, 2.24) is 10.4 Å². The molecule has 2 aromatic heterocycles. The van der Waals surface area contributed by atoms with Crippen LogP contribution in [-0.4, -0.2) is 10.9 Å². The summed E-state index contributed by atoms with van der Waals surface area (Å²) in [5.74, 6) is 5.98. The van der Waals surface area contributed by atoms with E-state index in [1.165, 1.54) is 17.6 Å². The van der Waals surface area contributed by atoms with Gasteiger partial charge in [0.1, 0.15) is 12.0 Å². The van der Waals surface area contributed by atoms with E-state index in [-0.39, 0.29) is 5.91 Å². The number of thioether (sulfide) groups is 1. The van der Waals surface area contributed by atoms with Crippen LogP contribution in [0.3, 0.4) is 0 Å². The van der Waals surface area contributed by atoms with Crippen molar-refractivity contribution in [2.24, 2.45) is 5.84 Å². The second-order valence-corrected chi connectivity index (χ2v) is 5.76. The van der Waals surface area contributed by atoms with E-state index in [1.54, 1.807) is 17.8 Å². The molecule has 0 saturated carbocycles. The molecule has 0 aliphatic rings. The van der Waals surface area contributed by atoms with Gasteiger partial charge in [-0.25, -0.2) is 10.8 Å². The molecule has 0 fully saturated rings. The number of hydrazine groups is 1. The van der Waals surface area contributed by atoms with Crippen LogP contribution in [0.4, 0.5) is 5.13 Å². The number of rotatable bonds is 4. The Bertz CT molecular complexity index is 564. The molecule has 2 aromatic rings. The highest BCUT2D eigenvalue weighted by Crippen LogP contribution is 2.32. The third-order valence-corrected chi connectivity index (χ3v) is 4.53. The monoisotopic (exact) mass is 284 g/mol. The minimum absolute atomic E-state index is 0.367. The van der Waals surface area contributed by atoms with Crippen LogP contribution >= 0.6 is 23.1 Å². The molecule has 0 aromatic carbocycles. The summed E-state index contributed by atoms with van der Waals surface area (Å²) >= 11 is 3.01. The number of aryl methyl sites for hydroxylation is 1. The third-order valence-electron chi connectivity index (χ3n) is 2.16. The zero-order valence-electron chi connectivity index (χ0n) is 9.60.